The molecule has 0 atom stereocenters. The Labute approximate surface area is 135 Å². The molecule has 0 aliphatic heterocycles. The first-order chi connectivity index (χ1) is 11.0. The van der Waals surface area contributed by atoms with Crippen molar-refractivity contribution in [2.75, 3.05) is 12.4 Å². The minimum atomic E-state index is -0.130. The first kappa shape index (κ1) is 15.2. The number of carbonyl (C=O) groups is 1. The van der Waals surface area contributed by atoms with Crippen molar-refractivity contribution < 1.29 is 9.53 Å². The number of nitrogens with one attached hydrogen (secondary N) is 2. The van der Waals surface area contributed by atoms with Crippen molar-refractivity contribution in [3.05, 3.63) is 58.8 Å². The number of aromatic amines is 1. The molecule has 0 fully saturated rings. The van der Waals surface area contributed by atoms with E-state index in [0.29, 0.717) is 5.69 Å². The van der Waals surface area contributed by atoms with Crippen LogP contribution in [0.15, 0.2) is 36.4 Å². The van der Waals surface area contributed by atoms with Crippen LogP contribution < -0.4 is 10.1 Å². The van der Waals surface area contributed by atoms with Crippen molar-refractivity contribution in [3.63, 3.8) is 0 Å². The quantitative estimate of drug-likeness (QED) is 0.755. The Bertz CT molecular complexity index is 874. The molecule has 1 aromatic heterocycles. The van der Waals surface area contributed by atoms with E-state index in [-0.39, 0.29) is 5.91 Å². The standard InChI is InChI=1S/C19H20N2O2/c1-11-6-5-7-12(2)17(11)21-19(22)18-13(3)15-9-8-14(23-4)10-16(15)20-18/h5-10,20H,1-4H3,(H,21,22). The second kappa shape index (κ2) is 5.80. The number of hydrogen-bond acceptors (Lipinski definition) is 2. The van der Waals surface area contributed by atoms with Gasteiger partial charge in [0.1, 0.15) is 11.4 Å². The number of H-pyrrole nitrogens is 1. The monoisotopic (exact) mass is 308 g/mol. The van der Waals surface area contributed by atoms with E-state index < -0.39 is 0 Å². The molecule has 0 unspecified atom stereocenters. The molecule has 0 radical (unpaired) electrons. The average Bonchev–Trinajstić information content (AvgIpc) is 2.87. The fourth-order valence-electron chi connectivity index (χ4n) is 2.86. The molecule has 0 saturated heterocycles. The lowest BCUT2D eigenvalue weighted by Crippen LogP contribution is -2.15. The van der Waals surface area contributed by atoms with Gasteiger partial charge >= 0.3 is 0 Å². The third-order valence-corrected chi connectivity index (χ3v) is 4.21. The molecule has 0 saturated carbocycles. The van der Waals surface area contributed by atoms with Gasteiger partial charge in [-0.3, -0.25) is 4.79 Å². The SMILES string of the molecule is COc1ccc2c(C)c(C(=O)Nc3c(C)cccc3C)[nH]c2c1. The minimum Gasteiger partial charge on any atom is -0.497 e. The number of methoxy groups -OCH3 is 1. The molecule has 3 aromatic rings. The van der Waals surface area contributed by atoms with Crippen molar-refractivity contribution in [2.24, 2.45) is 0 Å². The van der Waals surface area contributed by atoms with Crippen LogP contribution in [0, 0.1) is 20.8 Å². The lowest BCUT2D eigenvalue weighted by Gasteiger charge is -2.11. The van der Waals surface area contributed by atoms with E-state index in [9.17, 15) is 4.79 Å². The maximum absolute atomic E-state index is 12.7. The third-order valence-electron chi connectivity index (χ3n) is 4.21. The predicted octanol–water partition coefficient (Wildman–Crippen LogP) is 4.35. The summed E-state index contributed by atoms with van der Waals surface area (Å²) in [5.41, 5.74) is 5.38. The Kier molecular flexibility index (Phi) is 3.82. The number of aromatic nitrogens is 1. The Balaban J connectivity index is 1.99. The molecule has 1 amide bonds. The summed E-state index contributed by atoms with van der Waals surface area (Å²) in [6, 6.07) is 11.7. The number of benzene rings is 2. The van der Waals surface area contributed by atoms with E-state index >= 15 is 0 Å². The molecule has 3 rings (SSSR count). The number of rotatable bonds is 3. The van der Waals surface area contributed by atoms with E-state index in [1.54, 1.807) is 7.11 Å². The molecule has 0 spiro atoms. The van der Waals surface area contributed by atoms with Crippen LogP contribution in [0.2, 0.25) is 0 Å². The van der Waals surface area contributed by atoms with Gasteiger partial charge in [0.05, 0.1) is 7.11 Å². The summed E-state index contributed by atoms with van der Waals surface area (Å²) in [6.45, 7) is 5.93. The lowest BCUT2D eigenvalue weighted by molar-refractivity contribution is 0.102. The Morgan fingerprint density at radius 1 is 1.09 bits per heavy atom. The third kappa shape index (κ3) is 2.68. The van der Waals surface area contributed by atoms with Gasteiger partial charge in [-0.15, -0.1) is 0 Å². The maximum atomic E-state index is 12.7. The van der Waals surface area contributed by atoms with Gasteiger partial charge in [0.15, 0.2) is 0 Å². The number of anilines is 1. The molecular formula is C19H20N2O2. The summed E-state index contributed by atoms with van der Waals surface area (Å²) < 4.78 is 5.24. The van der Waals surface area contributed by atoms with Crippen LogP contribution in [0.25, 0.3) is 10.9 Å². The van der Waals surface area contributed by atoms with Crippen molar-refractivity contribution in [1.82, 2.24) is 4.98 Å². The molecular weight excluding hydrogens is 288 g/mol. The number of aryl methyl sites for hydroxylation is 3. The smallest absolute Gasteiger partial charge is 0.272 e. The van der Waals surface area contributed by atoms with Gasteiger partial charge in [0, 0.05) is 22.7 Å². The topological polar surface area (TPSA) is 54.1 Å². The van der Waals surface area contributed by atoms with Crippen LogP contribution >= 0.6 is 0 Å². The first-order valence-corrected chi connectivity index (χ1v) is 7.55. The van der Waals surface area contributed by atoms with E-state index in [0.717, 1.165) is 39.0 Å². The highest BCUT2D eigenvalue weighted by Crippen LogP contribution is 2.27. The fraction of sp³-hybridized carbons (Fsp3) is 0.211. The summed E-state index contributed by atoms with van der Waals surface area (Å²) in [6.07, 6.45) is 0. The largest absolute Gasteiger partial charge is 0.497 e. The molecule has 23 heavy (non-hydrogen) atoms. The first-order valence-electron chi connectivity index (χ1n) is 7.55. The number of amides is 1. The number of ether oxygens (including phenoxy) is 1. The predicted molar refractivity (Wildman–Crippen MR) is 93.5 cm³/mol. The van der Waals surface area contributed by atoms with Crippen LogP contribution in [0.4, 0.5) is 5.69 Å². The number of hydrogen-bond donors (Lipinski definition) is 2. The molecule has 4 heteroatoms. The van der Waals surface area contributed by atoms with Crippen LogP contribution in [-0.4, -0.2) is 18.0 Å². The van der Waals surface area contributed by atoms with Crippen LogP contribution in [-0.2, 0) is 0 Å². The summed E-state index contributed by atoms with van der Waals surface area (Å²) in [5.74, 6) is 0.635. The number of fused-ring (bicyclic) bond motifs is 1. The Morgan fingerprint density at radius 2 is 1.78 bits per heavy atom. The van der Waals surface area contributed by atoms with Gasteiger partial charge in [-0.05, 0) is 49.6 Å². The molecule has 2 N–H and O–H groups in total. The summed E-state index contributed by atoms with van der Waals surface area (Å²) >= 11 is 0. The van der Waals surface area contributed by atoms with Gasteiger partial charge in [0.2, 0.25) is 0 Å². The van der Waals surface area contributed by atoms with Crippen LogP contribution in [0.3, 0.4) is 0 Å². The maximum Gasteiger partial charge on any atom is 0.272 e. The number of carbonyl (C=O) groups excluding carboxylic acids is 1. The van der Waals surface area contributed by atoms with Gasteiger partial charge in [0.25, 0.3) is 5.91 Å². The van der Waals surface area contributed by atoms with E-state index in [1.807, 2.05) is 57.2 Å². The van der Waals surface area contributed by atoms with Gasteiger partial charge in [-0.2, -0.15) is 0 Å². The van der Waals surface area contributed by atoms with Gasteiger partial charge < -0.3 is 15.0 Å². The van der Waals surface area contributed by atoms with Crippen molar-refractivity contribution in [1.29, 1.82) is 0 Å². The van der Waals surface area contributed by atoms with Crippen LogP contribution in [0.5, 0.6) is 5.75 Å². The Hall–Kier alpha value is -2.75. The summed E-state index contributed by atoms with van der Waals surface area (Å²) in [5, 5.41) is 4.05. The molecule has 0 aliphatic rings. The van der Waals surface area contributed by atoms with E-state index in [1.165, 1.54) is 0 Å². The van der Waals surface area contributed by atoms with Crippen LogP contribution in [0.1, 0.15) is 27.2 Å². The zero-order valence-electron chi connectivity index (χ0n) is 13.8. The van der Waals surface area contributed by atoms with Crippen molar-refractivity contribution in [3.8, 4) is 5.75 Å². The molecule has 1 heterocycles. The molecule has 2 aromatic carbocycles. The minimum absolute atomic E-state index is 0.130. The lowest BCUT2D eigenvalue weighted by atomic mass is 10.1. The molecule has 0 aliphatic carbocycles. The summed E-state index contributed by atoms with van der Waals surface area (Å²) in [4.78, 5) is 15.9. The highest BCUT2D eigenvalue weighted by molar-refractivity contribution is 6.08. The van der Waals surface area contributed by atoms with Gasteiger partial charge in [-0.1, -0.05) is 18.2 Å². The van der Waals surface area contributed by atoms with E-state index in [4.69, 9.17) is 4.74 Å². The van der Waals surface area contributed by atoms with Crippen molar-refractivity contribution in [2.45, 2.75) is 20.8 Å². The molecule has 4 nitrogen and oxygen atoms in total. The normalized spacial score (nSPS) is 10.8. The molecule has 0 bridgehead atoms. The summed E-state index contributed by atoms with van der Waals surface area (Å²) in [7, 11) is 1.63. The zero-order chi connectivity index (χ0) is 16.6. The molecule has 118 valence electrons. The highest BCUT2D eigenvalue weighted by atomic mass is 16.5. The average molecular weight is 308 g/mol. The van der Waals surface area contributed by atoms with E-state index in [2.05, 4.69) is 10.3 Å². The second-order valence-corrected chi connectivity index (χ2v) is 5.76. The Morgan fingerprint density at radius 3 is 2.43 bits per heavy atom. The van der Waals surface area contributed by atoms with Gasteiger partial charge in [-0.25, -0.2) is 0 Å². The fourth-order valence-corrected chi connectivity index (χ4v) is 2.86. The van der Waals surface area contributed by atoms with Crippen molar-refractivity contribution >= 4 is 22.5 Å². The number of para-hydroxylation sites is 1. The highest BCUT2D eigenvalue weighted by Gasteiger charge is 2.16. The second-order valence-electron chi connectivity index (χ2n) is 5.76. The zero-order valence-corrected chi connectivity index (χ0v) is 13.8.